The van der Waals surface area contributed by atoms with Crippen molar-refractivity contribution in [3.8, 4) is 0 Å². The fourth-order valence-corrected chi connectivity index (χ4v) is 1.95. The molecule has 0 aliphatic rings. The lowest BCUT2D eigenvalue weighted by molar-refractivity contribution is 0.198. The molecule has 16 heavy (non-hydrogen) atoms. The molecule has 0 aliphatic carbocycles. The Hall–Kier alpha value is 0.630. The summed E-state index contributed by atoms with van der Waals surface area (Å²) in [6.07, 6.45) is -0.750. The lowest BCUT2D eigenvalue weighted by Crippen LogP contribution is -2.29. The molecule has 0 saturated carbocycles. The second-order valence-corrected chi connectivity index (χ2v) is 6.94. The van der Waals surface area contributed by atoms with Gasteiger partial charge in [-0.05, 0) is 18.1 Å². The van der Waals surface area contributed by atoms with Gasteiger partial charge in [-0.15, -0.1) is 0 Å². The predicted molar refractivity (Wildman–Crippen MR) is 70.7 cm³/mol. The first-order valence-corrected chi connectivity index (χ1v) is 6.29. The van der Waals surface area contributed by atoms with Crippen molar-refractivity contribution in [2.24, 2.45) is 0 Å². The molecule has 1 aromatic rings. The normalized spacial score (nSPS) is 14.9. The second-order valence-electron chi connectivity index (χ2n) is 3.34. The zero-order valence-corrected chi connectivity index (χ0v) is 12.0. The highest BCUT2D eigenvalue weighted by atomic mass is 35.6. The number of aliphatic hydroxyl groups is 1. The first-order chi connectivity index (χ1) is 7.18. The van der Waals surface area contributed by atoms with E-state index in [0.717, 1.165) is 0 Å². The molecule has 1 nitrogen and oxygen atoms in total. The maximum atomic E-state index is 9.59. The molecular weight excluding hydrogens is 313 g/mol. The standard InChI is InChI=1S/C10H9Cl5O/c1-6(16)7-4-2-3-5-8(7)9(11,12)10(13,14)15/h2-6,16H,1H3. The zero-order valence-electron chi connectivity index (χ0n) is 8.22. The molecule has 0 bridgehead atoms. The van der Waals surface area contributed by atoms with Gasteiger partial charge in [-0.25, -0.2) is 0 Å². The fraction of sp³-hybridized carbons (Fsp3) is 0.400. The number of alkyl halides is 5. The van der Waals surface area contributed by atoms with Crippen molar-refractivity contribution in [3.63, 3.8) is 0 Å². The third kappa shape index (κ3) is 2.90. The SMILES string of the molecule is CC(O)c1ccccc1C(Cl)(Cl)C(Cl)(Cl)Cl. The second kappa shape index (κ2) is 5.09. The van der Waals surface area contributed by atoms with Crippen molar-refractivity contribution in [1.82, 2.24) is 0 Å². The number of hydrogen-bond donors (Lipinski definition) is 1. The van der Waals surface area contributed by atoms with Crippen LogP contribution in [0.4, 0.5) is 0 Å². The molecule has 0 spiro atoms. The van der Waals surface area contributed by atoms with Crippen molar-refractivity contribution in [2.45, 2.75) is 21.2 Å². The van der Waals surface area contributed by atoms with E-state index in [1.807, 2.05) is 0 Å². The summed E-state index contributed by atoms with van der Waals surface area (Å²) in [6.45, 7) is 1.58. The predicted octanol–water partition coefficient (Wildman–Crippen LogP) is 4.74. The molecule has 1 unspecified atom stereocenters. The molecule has 1 N–H and O–H groups in total. The monoisotopic (exact) mass is 320 g/mol. The van der Waals surface area contributed by atoms with Gasteiger partial charge in [0.1, 0.15) is 0 Å². The van der Waals surface area contributed by atoms with Crippen LogP contribution in [0.1, 0.15) is 24.2 Å². The Morgan fingerprint density at radius 2 is 1.56 bits per heavy atom. The van der Waals surface area contributed by atoms with Crippen LogP contribution in [0.15, 0.2) is 24.3 Å². The van der Waals surface area contributed by atoms with Crippen molar-refractivity contribution < 1.29 is 5.11 Å². The molecule has 0 heterocycles. The number of benzene rings is 1. The Kier molecular flexibility index (Phi) is 4.68. The Labute approximate surface area is 119 Å². The van der Waals surface area contributed by atoms with Crippen LogP contribution in [-0.4, -0.2) is 8.90 Å². The van der Waals surface area contributed by atoms with Gasteiger partial charge in [0.2, 0.25) is 3.79 Å². The van der Waals surface area contributed by atoms with Gasteiger partial charge in [-0.3, -0.25) is 0 Å². The summed E-state index contributed by atoms with van der Waals surface area (Å²) in [4.78, 5) is 0. The van der Waals surface area contributed by atoms with Gasteiger partial charge < -0.3 is 5.11 Å². The Morgan fingerprint density at radius 1 is 1.06 bits per heavy atom. The molecule has 6 heteroatoms. The van der Waals surface area contributed by atoms with Crippen LogP contribution in [0.3, 0.4) is 0 Å². The van der Waals surface area contributed by atoms with Crippen LogP contribution in [0.5, 0.6) is 0 Å². The van der Waals surface area contributed by atoms with Crippen LogP contribution in [0.2, 0.25) is 0 Å². The highest BCUT2D eigenvalue weighted by Crippen LogP contribution is 2.54. The topological polar surface area (TPSA) is 20.2 Å². The smallest absolute Gasteiger partial charge is 0.227 e. The van der Waals surface area contributed by atoms with Crippen molar-refractivity contribution in [2.75, 3.05) is 0 Å². The molecule has 0 aliphatic heterocycles. The van der Waals surface area contributed by atoms with Crippen LogP contribution in [-0.2, 0) is 4.33 Å². The summed E-state index contributed by atoms with van der Waals surface area (Å²) in [5.41, 5.74) is 0.909. The van der Waals surface area contributed by atoms with Gasteiger partial charge in [-0.1, -0.05) is 82.3 Å². The van der Waals surface area contributed by atoms with Crippen LogP contribution in [0.25, 0.3) is 0 Å². The summed E-state index contributed by atoms with van der Waals surface area (Å²) in [5, 5.41) is 9.59. The van der Waals surface area contributed by atoms with Gasteiger partial charge in [-0.2, -0.15) is 0 Å². The third-order valence-electron chi connectivity index (χ3n) is 2.11. The maximum Gasteiger partial charge on any atom is 0.227 e. The molecule has 0 fully saturated rings. The first kappa shape index (κ1) is 14.7. The minimum absolute atomic E-state index is 0.383. The Morgan fingerprint density at radius 3 is 2.00 bits per heavy atom. The summed E-state index contributed by atoms with van der Waals surface area (Å²) < 4.78 is -3.60. The molecule has 1 rings (SSSR count). The molecule has 1 aromatic carbocycles. The van der Waals surface area contributed by atoms with Crippen molar-refractivity contribution >= 4 is 58.0 Å². The summed E-state index contributed by atoms with van der Waals surface area (Å²) >= 11 is 29.3. The number of aliphatic hydroxyl groups excluding tert-OH is 1. The third-order valence-corrected chi connectivity index (χ3v) is 4.51. The van der Waals surface area contributed by atoms with E-state index in [4.69, 9.17) is 58.0 Å². The molecule has 0 saturated heterocycles. The summed E-state index contributed by atoms with van der Waals surface area (Å²) in [6, 6.07) is 6.74. The lowest BCUT2D eigenvalue weighted by Gasteiger charge is -2.30. The summed E-state index contributed by atoms with van der Waals surface area (Å²) in [7, 11) is 0. The van der Waals surface area contributed by atoms with Crippen LogP contribution >= 0.6 is 58.0 Å². The molecule has 90 valence electrons. The molecular formula is C10H9Cl5O. The van der Waals surface area contributed by atoms with E-state index >= 15 is 0 Å². The average Bonchev–Trinajstić information content (AvgIpc) is 2.16. The molecule has 0 aromatic heterocycles. The maximum absolute atomic E-state index is 9.59. The molecule has 0 amide bonds. The lowest BCUT2D eigenvalue weighted by atomic mass is 10.0. The van der Waals surface area contributed by atoms with E-state index < -0.39 is 14.2 Å². The number of hydrogen-bond acceptors (Lipinski definition) is 1. The highest BCUT2D eigenvalue weighted by molar-refractivity contribution is 6.75. The van der Waals surface area contributed by atoms with Gasteiger partial charge >= 0.3 is 0 Å². The molecule has 0 radical (unpaired) electrons. The minimum atomic E-state index is -1.89. The Balaban J connectivity index is 3.33. The van der Waals surface area contributed by atoms with E-state index in [9.17, 15) is 5.11 Å². The van der Waals surface area contributed by atoms with Crippen LogP contribution in [0, 0.1) is 0 Å². The van der Waals surface area contributed by atoms with E-state index in [0.29, 0.717) is 11.1 Å². The zero-order chi connectivity index (χ0) is 12.6. The number of halogens is 5. The van der Waals surface area contributed by atoms with Gasteiger partial charge in [0, 0.05) is 0 Å². The van der Waals surface area contributed by atoms with E-state index in [1.165, 1.54) is 0 Å². The van der Waals surface area contributed by atoms with E-state index in [2.05, 4.69) is 0 Å². The Bertz CT molecular complexity index is 370. The fourth-order valence-electron chi connectivity index (χ4n) is 1.30. The average molecular weight is 322 g/mol. The summed E-state index contributed by atoms with van der Waals surface area (Å²) in [5.74, 6) is 0. The van der Waals surface area contributed by atoms with Crippen molar-refractivity contribution in [3.05, 3.63) is 35.4 Å². The first-order valence-electron chi connectivity index (χ1n) is 4.40. The largest absolute Gasteiger partial charge is 0.389 e. The number of rotatable bonds is 2. The van der Waals surface area contributed by atoms with Crippen molar-refractivity contribution in [1.29, 1.82) is 0 Å². The van der Waals surface area contributed by atoms with Gasteiger partial charge in [0.25, 0.3) is 0 Å². The van der Waals surface area contributed by atoms with Crippen LogP contribution < -0.4 is 0 Å². The molecule has 1 atom stereocenters. The van der Waals surface area contributed by atoms with Gasteiger partial charge in [0.05, 0.1) is 6.10 Å². The van der Waals surface area contributed by atoms with E-state index in [1.54, 1.807) is 31.2 Å². The minimum Gasteiger partial charge on any atom is -0.389 e. The van der Waals surface area contributed by atoms with Gasteiger partial charge in [0.15, 0.2) is 4.33 Å². The van der Waals surface area contributed by atoms with E-state index in [-0.39, 0.29) is 0 Å². The quantitative estimate of drug-likeness (QED) is 0.780. The highest BCUT2D eigenvalue weighted by Gasteiger charge is 2.48.